The predicted molar refractivity (Wildman–Crippen MR) is 86.8 cm³/mol. The molecule has 0 saturated heterocycles. The summed E-state index contributed by atoms with van der Waals surface area (Å²) < 4.78 is 0. The second kappa shape index (κ2) is 7.12. The Labute approximate surface area is 139 Å². The lowest BCUT2D eigenvalue weighted by Crippen LogP contribution is -2.39. The molecule has 1 aliphatic heterocycles. The Balaban J connectivity index is 1.51. The van der Waals surface area contributed by atoms with Gasteiger partial charge in [-0.1, -0.05) is 23.7 Å². The van der Waals surface area contributed by atoms with Crippen molar-refractivity contribution in [1.82, 2.24) is 20.4 Å². The number of amides is 1. The first-order valence-corrected chi connectivity index (χ1v) is 7.93. The van der Waals surface area contributed by atoms with Crippen LogP contribution >= 0.6 is 11.6 Å². The van der Waals surface area contributed by atoms with Crippen LogP contribution in [0.4, 0.5) is 0 Å². The average Bonchev–Trinajstić information content (AvgIpc) is 2.95. The highest BCUT2D eigenvalue weighted by molar-refractivity contribution is 6.30. The normalized spacial score (nSPS) is 14.5. The van der Waals surface area contributed by atoms with Gasteiger partial charge in [0.15, 0.2) is 0 Å². The van der Waals surface area contributed by atoms with Gasteiger partial charge in [0.25, 0.3) is 0 Å². The van der Waals surface area contributed by atoms with Crippen molar-refractivity contribution >= 4 is 17.5 Å². The quantitative estimate of drug-likeness (QED) is 0.768. The van der Waals surface area contributed by atoms with E-state index in [4.69, 9.17) is 11.6 Å². The molecule has 1 aliphatic rings. The van der Waals surface area contributed by atoms with E-state index >= 15 is 0 Å². The second-order valence-electron chi connectivity index (χ2n) is 5.65. The van der Waals surface area contributed by atoms with E-state index < -0.39 is 0 Å². The number of aromatic nitrogens is 2. The van der Waals surface area contributed by atoms with Crippen LogP contribution in [0.15, 0.2) is 24.3 Å². The van der Waals surface area contributed by atoms with Crippen LogP contribution in [0.2, 0.25) is 5.02 Å². The number of fused-ring (bicyclic) bond motifs is 1. The van der Waals surface area contributed by atoms with Gasteiger partial charge in [-0.15, -0.1) is 0 Å². The minimum atomic E-state index is -0.0496. The Kier molecular flexibility index (Phi) is 4.95. The monoisotopic (exact) mass is 334 g/mol. The van der Waals surface area contributed by atoms with Gasteiger partial charge in [-0.25, -0.2) is 0 Å². The first kappa shape index (κ1) is 16.0. The molecule has 0 spiro atoms. The maximum absolute atomic E-state index is 12.1. The van der Waals surface area contributed by atoms with Gasteiger partial charge in [0.1, 0.15) is 0 Å². The number of halogens is 1. The van der Waals surface area contributed by atoms with Crippen molar-refractivity contribution < 1.29 is 9.90 Å². The van der Waals surface area contributed by atoms with Gasteiger partial charge in [0, 0.05) is 30.2 Å². The van der Waals surface area contributed by atoms with Gasteiger partial charge < -0.3 is 10.4 Å². The first-order valence-electron chi connectivity index (χ1n) is 7.55. The molecule has 0 bridgehead atoms. The maximum Gasteiger partial charge on any atom is 0.234 e. The van der Waals surface area contributed by atoms with Crippen molar-refractivity contribution in [1.29, 1.82) is 0 Å². The molecule has 1 aromatic carbocycles. The summed E-state index contributed by atoms with van der Waals surface area (Å²) in [4.78, 5) is 14.2. The minimum Gasteiger partial charge on any atom is -0.390 e. The number of aliphatic hydroxyl groups is 1. The Hall–Kier alpha value is -1.89. The van der Waals surface area contributed by atoms with E-state index in [1.54, 1.807) is 0 Å². The summed E-state index contributed by atoms with van der Waals surface area (Å²) in [7, 11) is 0. The fourth-order valence-corrected chi connectivity index (χ4v) is 3.03. The summed E-state index contributed by atoms with van der Waals surface area (Å²) >= 11 is 5.93. The van der Waals surface area contributed by atoms with Crippen LogP contribution in [0, 0.1) is 0 Å². The molecule has 2 aromatic rings. The largest absolute Gasteiger partial charge is 0.390 e. The molecule has 3 N–H and O–H groups in total. The lowest BCUT2D eigenvalue weighted by atomic mass is 10.0. The van der Waals surface area contributed by atoms with E-state index in [-0.39, 0.29) is 12.5 Å². The van der Waals surface area contributed by atoms with Crippen LogP contribution in [0.1, 0.15) is 22.5 Å². The van der Waals surface area contributed by atoms with Gasteiger partial charge in [-0.05, 0) is 24.1 Å². The molecular weight excluding hydrogens is 316 g/mol. The highest BCUT2D eigenvalue weighted by atomic mass is 35.5. The molecule has 6 nitrogen and oxygen atoms in total. The van der Waals surface area contributed by atoms with Gasteiger partial charge >= 0.3 is 0 Å². The highest BCUT2D eigenvalue weighted by Crippen LogP contribution is 2.19. The van der Waals surface area contributed by atoms with Gasteiger partial charge in [-0.2, -0.15) is 5.10 Å². The average molecular weight is 335 g/mol. The minimum absolute atomic E-state index is 0.0182. The van der Waals surface area contributed by atoms with Crippen molar-refractivity contribution in [3.05, 3.63) is 51.8 Å². The molecule has 2 heterocycles. The van der Waals surface area contributed by atoms with Crippen LogP contribution < -0.4 is 5.32 Å². The number of carbonyl (C=O) groups excluding carboxylic acids is 1. The molecule has 0 atom stereocenters. The summed E-state index contributed by atoms with van der Waals surface area (Å²) in [6, 6.07) is 7.45. The molecule has 1 aromatic heterocycles. The Bertz CT molecular complexity index is 701. The zero-order chi connectivity index (χ0) is 16.2. The molecule has 23 heavy (non-hydrogen) atoms. The fraction of sp³-hybridized carbons (Fsp3) is 0.375. The van der Waals surface area contributed by atoms with E-state index in [1.165, 1.54) is 0 Å². The highest BCUT2D eigenvalue weighted by Gasteiger charge is 2.22. The van der Waals surface area contributed by atoms with Gasteiger partial charge in [0.05, 0.1) is 24.5 Å². The fourth-order valence-electron chi connectivity index (χ4n) is 2.81. The molecular formula is C16H19ClN4O2. The zero-order valence-electron chi connectivity index (χ0n) is 12.7. The molecule has 122 valence electrons. The lowest BCUT2D eigenvalue weighted by molar-refractivity contribution is -0.122. The van der Waals surface area contributed by atoms with Crippen molar-refractivity contribution in [2.45, 2.75) is 26.1 Å². The summed E-state index contributed by atoms with van der Waals surface area (Å²) in [5, 5.41) is 19.8. The Morgan fingerprint density at radius 3 is 3.13 bits per heavy atom. The number of hydrogen-bond acceptors (Lipinski definition) is 4. The Morgan fingerprint density at radius 1 is 1.48 bits per heavy atom. The number of nitrogens with one attached hydrogen (secondary N) is 2. The first-order chi connectivity index (χ1) is 11.2. The molecule has 0 fully saturated rings. The molecule has 0 unspecified atom stereocenters. The lowest BCUT2D eigenvalue weighted by Gasteiger charge is -2.26. The third-order valence-corrected chi connectivity index (χ3v) is 4.23. The Morgan fingerprint density at radius 2 is 2.35 bits per heavy atom. The summed E-state index contributed by atoms with van der Waals surface area (Å²) in [5.74, 6) is -0.0182. The SMILES string of the molecule is O=C(CN1CCc2c(CO)n[nH]c2C1)NCc1cccc(Cl)c1. The van der Waals surface area contributed by atoms with E-state index in [9.17, 15) is 9.90 Å². The summed E-state index contributed by atoms with van der Waals surface area (Å²) in [6.45, 7) is 2.19. The number of aromatic amines is 1. The van der Waals surface area contributed by atoms with Crippen molar-refractivity contribution in [3.63, 3.8) is 0 Å². The van der Waals surface area contributed by atoms with Crippen LogP contribution in [-0.4, -0.2) is 39.2 Å². The number of nitrogens with zero attached hydrogens (tertiary/aromatic N) is 2. The molecule has 0 aliphatic carbocycles. The third-order valence-electron chi connectivity index (χ3n) is 3.99. The molecule has 3 rings (SSSR count). The van der Waals surface area contributed by atoms with Crippen LogP contribution in [0.5, 0.6) is 0 Å². The number of H-pyrrole nitrogens is 1. The number of rotatable bonds is 5. The van der Waals surface area contributed by atoms with E-state index in [1.807, 2.05) is 24.3 Å². The molecule has 7 heteroatoms. The van der Waals surface area contributed by atoms with Gasteiger partial charge in [0.2, 0.25) is 5.91 Å². The number of benzene rings is 1. The molecule has 0 radical (unpaired) electrons. The van der Waals surface area contributed by atoms with E-state index in [0.29, 0.717) is 30.4 Å². The van der Waals surface area contributed by atoms with Crippen LogP contribution in [-0.2, 0) is 30.9 Å². The predicted octanol–water partition coefficient (Wildman–Crippen LogP) is 1.23. The summed E-state index contributed by atoms with van der Waals surface area (Å²) in [5.41, 5.74) is 3.77. The van der Waals surface area contributed by atoms with Crippen molar-refractivity contribution in [2.75, 3.05) is 13.1 Å². The third kappa shape index (κ3) is 3.90. The van der Waals surface area contributed by atoms with Crippen LogP contribution in [0.3, 0.4) is 0 Å². The zero-order valence-corrected chi connectivity index (χ0v) is 13.4. The van der Waals surface area contributed by atoms with E-state index in [2.05, 4.69) is 20.4 Å². The number of hydrogen-bond donors (Lipinski definition) is 3. The van der Waals surface area contributed by atoms with E-state index in [0.717, 1.165) is 29.8 Å². The number of carbonyl (C=O) groups is 1. The van der Waals surface area contributed by atoms with Crippen LogP contribution in [0.25, 0.3) is 0 Å². The number of aliphatic hydroxyl groups excluding tert-OH is 1. The maximum atomic E-state index is 12.1. The van der Waals surface area contributed by atoms with Crippen molar-refractivity contribution in [3.8, 4) is 0 Å². The van der Waals surface area contributed by atoms with Gasteiger partial charge in [-0.3, -0.25) is 14.8 Å². The second-order valence-corrected chi connectivity index (χ2v) is 6.09. The smallest absolute Gasteiger partial charge is 0.234 e. The summed E-state index contributed by atoms with van der Waals surface area (Å²) in [6.07, 6.45) is 0.795. The molecule has 0 saturated carbocycles. The van der Waals surface area contributed by atoms with Crippen molar-refractivity contribution in [2.24, 2.45) is 0 Å². The topological polar surface area (TPSA) is 81.2 Å². The molecule has 1 amide bonds. The standard InChI is InChI=1S/C16H19ClN4O2/c17-12-3-1-2-11(6-12)7-18-16(23)9-21-5-4-13-14(8-21)19-20-15(13)10-22/h1-3,6,22H,4-5,7-10H2,(H,18,23)(H,19,20).